The number of halogens is 6. The van der Waals surface area contributed by atoms with Crippen LogP contribution in [0.3, 0.4) is 0 Å². The van der Waals surface area contributed by atoms with E-state index in [9.17, 15) is 13.2 Å². The molecule has 5 heterocycles. The zero-order chi connectivity index (χ0) is 29.6. The van der Waals surface area contributed by atoms with Crippen LogP contribution in [0.25, 0.3) is 10.9 Å². The molecule has 0 aliphatic carbocycles. The first-order valence-electron chi connectivity index (χ1n) is 14.5. The SMILES string of the molecule is C[C@@H](OC1CCCCO1)[C@H]1COc2c(Cl)c(Br)c(F)c3nc(OC[C@@]45CCCN4C[C@H](F)C5)nc(c23)N1CCC(F)F. The number of alkyl halides is 3. The summed E-state index contributed by atoms with van der Waals surface area (Å²) in [6, 6.07) is -0.733. The number of anilines is 1. The van der Waals surface area contributed by atoms with Crippen molar-refractivity contribution in [2.24, 2.45) is 0 Å². The van der Waals surface area contributed by atoms with Crippen LogP contribution in [-0.4, -0.2) is 90.9 Å². The minimum Gasteiger partial charge on any atom is -0.489 e. The second kappa shape index (κ2) is 12.4. The number of benzene rings is 1. The van der Waals surface area contributed by atoms with Crippen LogP contribution in [0, 0.1) is 5.82 Å². The van der Waals surface area contributed by atoms with E-state index in [-0.39, 0.29) is 57.7 Å². The standard InChI is InChI=1S/C28H34BrClF4N4O4/c1-15(42-19-5-2-3-10-39-19)17-13-40-25-20-24(23(34)21(29)22(25)30)35-27(36-26(20)38(17)9-6-18(32)33)41-14-28-7-4-8-37(28)12-16(31)11-28/h15-19H,2-14H2,1H3/t15-,16-,17-,19?,28+/m1/s1. The largest absolute Gasteiger partial charge is 0.489 e. The van der Waals surface area contributed by atoms with Gasteiger partial charge in [0.25, 0.3) is 0 Å². The molecule has 42 heavy (non-hydrogen) atoms. The molecule has 3 fully saturated rings. The summed E-state index contributed by atoms with van der Waals surface area (Å²) in [4.78, 5) is 12.8. The lowest BCUT2D eigenvalue weighted by Crippen LogP contribution is -2.49. The zero-order valence-electron chi connectivity index (χ0n) is 23.3. The highest BCUT2D eigenvalue weighted by Crippen LogP contribution is 2.47. The molecule has 0 N–H and O–H groups in total. The molecule has 6 rings (SSSR count). The van der Waals surface area contributed by atoms with Gasteiger partial charge in [-0.15, -0.1) is 0 Å². The van der Waals surface area contributed by atoms with Gasteiger partial charge in [-0.25, -0.2) is 17.6 Å². The average Bonchev–Trinajstić information content (AvgIpc) is 3.43. The van der Waals surface area contributed by atoms with Gasteiger partial charge in [-0.05, 0) is 61.5 Å². The number of fused-ring (bicyclic) bond motifs is 1. The van der Waals surface area contributed by atoms with Gasteiger partial charge >= 0.3 is 6.01 Å². The Morgan fingerprint density at radius 3 is 2.83 bits per heavy atom. The third-order valence-corrected chi connectivity index (χ3v) is 10.2. The highest BCUT2D eigenvalue weighted by Gasteiger charge is 2.49. The average molecular weight is 682 g/mol. The number of ether oxygens (including phenoxy) is 4. The highest BCUT2D eigenvalue weighted by atomic mass is 79.9. The van der Waals surface area contributed by atoms with E-state index in [2.05, 4.69) is 30.8 Å². The Balaban J connectivity index is 1.40. The molecular weight excluding hydrogens is 648 g/mol. The van der Waals surface area contributed by atoms with Crippen LogP contribution in [-0.2, 0) is 9.47 Å². The molecule has 2 aromatic rings. The number of aromatic nitrogens is 2. The van der Waals surface area contributed by atoms with Gasteiger partial charge in [0.1, 0.15) is 35.7 Å². The van der Waals surface area contributed by atoms with Gasteiger partial charge in [0, 0.05) is 32.5 Å². The fourth-order valence-corrected chi connectivity index (χ4v) is 7.32. The van der Waals surface area contributed by atoms with Gasteiger partial charge in [-0.3, -0.25) is 4.90 Å². The smallest absolute Gasteiger partial charge is 0.319 e. The molecular formula is C28H34BrClF4N4O4. The van der Waals surface area contributed by atoms with E-state index >= 15 is 4.39 Å². The normalized spacial score (nSPS) is 28.7. The minimum absolute atomic E-state index is 0.00648. The molecule has 1 unspecified atom stereocenters. The Kier molecular flexibility index (Phi) is 8.95. The fourth-order valence-electron chi connectivity index (χ4n) is 6.72. The van der Waals surface area contributed by atoms with Crippen LogP contribution < -0.4 is 14.4 Å². The summed E-state index contributed by atoms with van der Waals surface area (Å²) < 4.78 is 81.5. The van der Waals surface area contributed by atoms with Crippen molar-refractivity contribution in [1.82, 2.24) is 14.9 Å². The second-order valence-corrected chi connectivity index (χ2v) is 12.7. The molecule has 232 valence electrons. The Bertz CT molecular complexity index is 1310. The maximum absolute atomic E-state index is 15.7. The Morgan fingerprint density at radius 1 is 1.24 bits per heavy atom. The molecule has 0 amide bonds. The van der Waals surface area contributed by atoms with Gasteiger partial charge in [-0.1, -0.05) is 11.6 Å². The first kappa shape index (κ1) is 30.4. The summed E-state index contributed by atoms with van der Waals surface area (Å²) >= 11 is 9.76. The third-order valence-electron chi connectivity index (χ3n) is 8.83. The van der Waals surface area contributed by atoms with Crippen molar-refractivity contribution in [1.29, 1.82) is 0 Å². The molecule has 1 aromatic carbocycles. The quantitative estimate of drug-likeness (QED) is 0.226. The molecule has 4 aliphatic heterocycles. The van der Waals surface area contributed by atoms with E-state index in [1.165, 1.54) is 0 Å². The van der Waals surface area contributed by atoms with Crippen molar-refractivity contribution in [3.05, 3.63) is 15.3 Å². The van der Waals surface area contributed by atoms with E-state index < -0.39 is 48.8 Å². The third kappa shape index (κ3) is 5.76. The summed E-state index contributed by atoms with van der Waals surface area (Å²) in [6.45, 7) is 3.54. The molecule has 0 bridgehead atoms. The molecule has 4 aliphatic rings. The lowest BCUT2D eigenvalue weighted by molar-refractivity contribution is -0.189. The molecule has 0 spiro atoms. The predicted octanol–water partition coefficient (Wildman–Crippen LogP) is 6.29. The maximum Gasteiger partial charge on any atom is 0.319 e. The van der Waals surface area contributed by atoms with E-state index in [4.69, 9.17) is 30.5 Å². The van der Waals surface area contributed by atoms with Crippen molar-refractivity contribution in [2.45, 2.75) is 88.4 Å². The van der Waals surface area contributed by atoms with Crippen LogP contribution >= 0.6 is 27.5 Å². The summed E-state index contributed by atoms with van der Waals surface area (Å²) in [5, 5.41) is 0.147. The van der Waals surface area contributed by atoms with Crippen LogP contribution in [0.5, 0.6) is 11.8 Å². The number of hydrogen-bond acceptors (Lipinski definition) is 8. The van der Waals surface area contributed by atoms with E-state index in [0.717, 1.165) is 32.2 Å². The number of hydrogen-bond donors (Lipinski definition) is 0. The summed E-state index contributed by atoms with van der Waals surface area (Å²) in [5.74, 6) is -0.450. The zero-order valence-corrected chi connectivity index (χ0v) is 25.6. The van der Waals surface area contributed by atoms with Crippen molar-refractivity contribution in [2.75, 3.05) is 44.4 Å². The molecule has 1 aromatic heterocycles. The number of nitrogens with zero attached hydrogens (tertiary/aromatic N) is 4. The van der Waals surface area contributed by atoms with Crippen molar-refractivity contribution >= 4 is 44.3 Å². The monoisotopic (exact) mass is 680 g/mol. The van der Waals surface area contributed by atoms with Gasteiger partial charge in [0.2, 0.25) is 6.43 Å². The van der Waals surface area contributed by atoms with E-state index in [1.54, 1.807) is 4.90 Å². The van der Waals surface area contributed by atoms with E-state index in [1.807, 2.05) is 6.92 Å². The molecule has 0 saturated carbocycles. The Hall–Kier alpha value is -1.67. The molecule has 5 atom stereocenters. The van der Waals surface area contributed by atoms with Crippen molar-refractivity contribution < 1.29 is 36.5 Å². The maximum atomic E-state index is 15.7. The number of rotatable bonds is 9. The second-order valence-electron chi connectivity index (χ2n) is 11.6. The topological polar surface area (TPSA) is 69.2 Å². The molecule has 3 saturated heterocycles. The fraction of sp³-hybridized carbons (Fsp3) is 0.714. The first-order chi connectivity index (χ1) is 20.2. The highest BCUT2D eigenvalue weighted by molar-refractivity contribution is 9.10. The van der Waals surface area contributed by atoms with Gasteiger partial charge in [-0.2, -0.15) is 9.97 Å². The summed E-state index contributed by atoms with van der Waals surface area (Å²) in [6.07, 6.45) is -0.338. The molecule has 14 heteroatoms. The Morgan fingerprint density at radius 2 is 2.07 bits per heavy atom. The first-order valence-corrected chi connectivity index (χ1v) is 15.7. The predicted molar refractivity (Wildman–Crippen MR) is 152 cm³/mol. The Labute approximate surface area is 255 Å². The molecule has 0 radical (unpaired) electrons. The van der Waals surface area contributed by atoms with Crippen molar-refractivity contribution in [3.8, 4) is 11.8 Å². The van der Waals surface area contributed by atoms with Crippen molar-refractivity contribution in [3.63, 3.8) is 0 Å². The van der Waals surface area contributed by atoms with E-state index in [0.29, 0.717) is 26.0 Å². The van der Waals surface area contributed by atoms with Gasteiger partial charge in [0.15, 0.2) is 17.9 Å². The molecule has 8 nitrogen and oxygen atoms in total. The van der Waals surface area contributed by atoms with Gasteiger partial charge < -0.3 is 23.8 Å². The van der Waals surface area contributed by atoms with Crippen LogP contribution in [0.4, 0.5) is 23.4 Å². The lowest BCUT2D eigenvalue weighted by atomic mass is 9.95. The summed E-state index contributed by atoms with van der Waals surface area (Å²) in [7, 11) is 0. The minimum atomic E-state index is -2.59. The van der Waals surface area contributed by atoms with Crippen LogP contribution in [0.15, 0.2) is 4.47 Å². The lowest BCUT2D eigenvalue weighted by Gasteiger charge is -2.37. The van der Waals surface area contributed by atoms with Gasteiger partial charge in [0.05, 0.1) is 27.5 Å². The summed E-state index contributed by atoms with van der Waals surface area (Å²) in [5.41, 5.74) is -0.608. The van der Waals surface area contributed by atoms with Crippen LogP contribution in [0.1, 0.15) is 51.9 Å². The van der Waals surface area contributed by atoms with Crippen LogP contribution in [0.2, 0.25) is 5.02 Å².